The Morgan fingerprint density at radius 1 is 1.18 bits per heavy atom. The number of rotatable bonds is 5. The normalized spacial score (nSPS) is 13.5. The summed E-state index contributed by atoms with van der Waals surface area (Å²) < 4.78 is 46.4. The molecule has 34 heavy (non-hydrogen) atoms. The van der Waals surface area contributed by atoms with Crippen LogP contribution in [-0.4, -0.2) is 27.8 Å². The molecule has 2 aromatic heterocycles. The summed E-state index contributed by atoms with van der Waals surface area (Å²) in [6.45, 7) is 3.74. The Morgan fingerprint density at radius 2 is 1.94 bits per heavy atom. The molecule has 1 aliphatic rings. The number of hydrogen-bond donors (Lipinski definition) is 3. The van der Waals surface area contributed by atoms with E-state index in [9.17, 15) is 18.0 Å². The van der Waals surface area contributed by atoms with Gasteiger partial charge in [0.15, 0.2) is 0 Å². The lowest BCUT2D eigenvalue weighted by molar-refractivity contribution is -0.138. The van der Waals surface area contributed by atoms with Crippen molar-refractivity contribution in [2.45, 2.75) is 20.0 Å². The van der Waals surface area contributed by atoms with Crippen molar-refractivity contribution < 1.29 is 22.7 Å². The summed E-state index contributed by atoms with van der Waals surface area (Å²) in [5, 5.41) is 8.53. The van der Waals surface area contributed by atoms with Gasteiger partial charge in [-0.3, -0.25) is 19.5 Å². The van der Waals surface area contributed by atoms with E-state index >= 15 is 0 Å². The molecule has 1 amide bonds. The number of hydrogen-bond acceptors (Lipinski definition) is 7. The lowest BCUT2D eigenvalue weighted by Crippen LogP contribution is -2.36. The molecule has 0 unspecified atom stereocenters. The predicted octanol–water partition coefficient (Wildman–Crippen LogP) is 3.54. The van der Waals surface area contributed by atoms with E-state index in [4.69, 9.17) is 4.74 Å². The maximum atomic E-state index is 13.3. The monoisotopic (exact) mass is 473 g/mol. The first-order chi connectivity index (χ1) is 16.1. The van der Waals surface area contributed by atoms with Crippen LogP contribution in [0.2, 0.25) is 0 Å². The van der Waals surface area contributed by atoms with Crippen LogP contribution >= 0.6 is 0 Å². The largest absolute Gasteiger partial charge is 0.496 e. The van der Waals surface area contributed by atoms with Crippen LogP contribution in [0, 0.1) is 13.8 Å². The quantitative estimate of drug-likeness (QED) is 0.522. The molecule has 9 nitrogen and oxygen atoms in total. The number of nitrogens with one attached hydrogen (secondary N) is 3. The fraction of sp³-hybridized carbons (Fsp3) is 0.227. The molecule has 3 N–H and O–H groups in total. The average Bonchev–Trinajstić information content (AvgIpc) is 3.41. The van der Waals surface area contributed by atoms with Crippen LogP contribution in [0.3, 0.4) is 0 Å². The number of carbonyl (C=O) groups is 1. The van der Waals surface area contributed by atoms with Crippen molar-refractivity contribution in [2.24, 2.45) is 7.05 Å². The number of nitrogens with zero attached hydrogens (tertiary/aromatic N) is 4. The Labute approximate surface area is 193 Å². The lowest BCUT2D eigenvalue weighted by Gasteiger charge is -2.18. The van der Waals surface area contributed by atoms with Gasteiger partial charge < -0.3 is 15.5 Å². The second-order valence-corrected chi connectivity index (χ2v) is 7.61. The second-order valence-electron chi connectivity index (χ2n) is 7.61. The van der Waals surface area contributed by atoms with Crippen molar-refractivity contribution in [1.29, 1.82) is 0 Å². The number of aromatic nitrogens is 3. The highest BCUT2D eigenvalue weighted by Crippen LogP contribution is 2.37. The zero-order chi connectivity index (χ0) is 24.6. The third-order valence-electron chi connectivity index (χ3n) is 5.44. The fourth-order valence-electron chi connectivity index (χ4n) is 3.45. The summed E-state index contributed by atoms with van der Waals surface area (Å²) in [4.78, 5) is 17.0. The first kappa shape index (κ1) is 23.1. The van der Waals surface area contributed by atoms with E-state index < -0.39 is 17.6 Å². The van der Waals surface area contributed by atoms with Crippen molar-refractivity contribution in [2.75, 3.05) is 17.4 Å². The first-order valence-corrected chi connectivity index (χ1v) is 10.1. The highest BCUT2D eigenvalue weighted by atomic mass is 19.4. The van der Waals surface area contributed by atoms with Crippen LogP contribution in [0.4, 0.5) is 24.5 Å². The van der Waals surface area contributed by atoms with E-state index in [1.165, 1.54) is 12.3 Å². The zero-order valence-electron chi connectivity index (χ0n) is 18.8. The molecule has 0 bridgehead atoms. The predicted molar refractivity (Wildman–Crippen MR) is 120 cm³/mol. The fourth-order valence-corrected chi connectivity index (χ4v) is 3.45. The van der Waals surface area contributed by atoms with E-state index in [1.807, 2.05) is 20.2 Å². The molecular formula is C22H22F3N7O2. The van der Waals surface area contributed by atoms with Gasteiger partial charge in [0.05, 0.1) is 47.8 Å². The van der Waals surface area contributed by atoms with Gasteiger partial charge in [-0.1, -0.05) is 0 Å². The van der Waals surface area contributed by atoms with Crippen LogP contribution in [0.1, 0.15) is 32.9 Å². The summed E-state index contributed by atoms with van der Waals surface area (Å²) in [5.41, 5.74) is 9.17. The van der Waals surface area contributed by atoms with Crippen molar-refractivity contribution in [3.8, 4) is 5.75 Å². The van der Waals surface area contributed by atoms with Gasteiger partial charge >= 0.3 is 6.18 Å². The lowest BCUT2D eigenvalue weighted by atomic mass is 10.1. The number of carbonyl (C=O) groups excluding carboxylic acids is 1. The maximum Gasteiger partial charge on any atom is 0.419 e. The van der Waals surface area contributed by atoms with E-state index in [1.54, 1.807) is 28.9 Å². The third-order valence-corrected chi connectivity index (χ3v) is 5.44. The molecule has 4 rings (SSSR count). The topological polar surface area (TPSA) is 96.3 Å². The van der Waals surface area contributed by atoms with Gasteiger partial charge in [-0.15, -0.1) is 5.53 Å². The smallest absolute Gasteiger partial charge is 0.419 e. The Bertz CT molecular complexity index is 1280. The number of benzene rings is 1. The number of methoxy groups -OCH3 is 1. The highest BCUT2D eigenvalue weighted by molar-refractivity contribution is 6.04. The molecule has 0 saturated heterocycles. The molecule has 0 radical (unpaired) electrons. The summed E-state index contributed by atoms with van der Waals surface area (Å²) in [7, 11) is 2.99. The molecule has 3 aromatic rings. The molecule has 3 heterocycles. The van der Waals surface area contributed by atoms with Gasteiger partial charge in [0, 0.05) is 30.1 Å². The van der Waals surface area contributed by atoms with Gasteiger partial charge in [-0.2, -0.15) is 18.3 Å². The maximum absolute atomic E-state index is 13.3. The number of hydrazine groups is 2. The Morgan fingerprint density at radius 3 is 2.59 bits per heavy atom. The standard InChI is InChI=1S/C22H22F3N7O2/c1-12-19(32-11-18(29-30-32)16-10-27-31(3)13(16)2)8-15(9-26-12)28-21(33)14-5-6-20(34-4)17(7-14)22(23,24)25/h5-11,29-30H,1-4H3,(H,28,33). The van der Waals surface area contributed by atoms with Crippen LogP contribution in [0.5, 0.6) is 5.75 Å². The van der Waals surface area contributed by atoms with E-state index in [0.717, 1.165) is 36.2 Å². The molecule has 0 aliphatic carbocycles. The van der Waals surface area contributed by atoms with Crippen LogP contribution in [0.25, 0.3) is 5.70 Å². The number of halogens is 3. The van der Waals surface area contributed by atoms with Crippen LogP contribution in [-0.2, 0) is 13.2 Å². The van der Waals surface area contributed by atoms with E-state index in [2.05, 4.69) is 26.4 Å². The Hall–Kier alpha value is -4.06. The Kier molecular flexibility index (Phi) is 5.92. The molecule has 1 aromatic carbocycles. The molecule has 0 spiro atoms. The minimum Gasteiger partial charge on any atom is -0.496 e. The number of amides is 1. The van der Waals surface area contributed by atoms with Crippen molar-refractivity contribution in [3.63, 3.8) is 0 Å². The van der Waals surface area contributed by atoms with E-state index in [0.29, 0.717) is 17.1 Å². The number of anilines is 2. The molecule has 0 fully saturated rings. The number of aryl methyl sites for hydroxylation is 2. The van der Waals surface area contributed by atoms with Gasteiger partial charge in [-0.05, 0) is 38.1 Å². The summed E-state index contributed by atoms with van der Waals surface area (Å²) in [6.07, 6.45) is 0.333. The van der Waals surface area contributed by atoms with Crippen molar-refractivity contribution in [3.05, 3.63) is 70.9 Å². The number of pyridine rings is 1. The van der Waals surface area contributed by atoms with Crippen molar-refractivity contribution >= 4 is 23.0 Å². The van der Waals surface area contributed by atoms with Crippen LogP contribution in [0.15, 0.2) is 42.9 Å². The summed E-state index contributed by atoms with van der Waals surface area (Å²) in [5.74, 6) is -1.07. The molecule has 12 heteroatoms. The second kappa shape index (κ2) is 8.71. The molecule has 1 aliphatic heterocycles. The minimum absolute atomic E-state index is 0.162. The van der Waals surface area contributed by atoms with Gasteiger partial charge in [-0.25, -0.2) is 0 Å². The number of alkyl halides is 3. The molecule has 178 valence electrons. The van der Waals surface area contributed by atoms with Crippen molar-refractivity contribution in [1.82, 2.24) is 25.7 Å². The summed E-state index contributed by atoms with van der Waals surface area (Å²) in [6, 6.07) is 4.80. The highest BCUT2D eigenvalue weighted by Gasteiger charge is 2.35. The Balaban J connectivity index is 1.58. The third kappa shape index (κ3) is 4.39. The summed E-state index contributed by atoms with van der Waals surface area (Å²) >= 11 is 0. The first-order valence-electron chi connectivity index (χ1n) is 10.1. The molecule has 0 saturated carbocycles. The number of ether oxygens (including phenoxy) is 1. The van der Waals surface area contributed by atoms with Crippen LogP contribution < -0.4 is 26.0 Å². The molecular weight excluding hydrogens is 451 g/mol. The van der Waals surface area contributed by atoms with E-state index in [-0.39, 0.29) is 11.3 Å². The minimum atomic E-state index is -4.66. The zero-order valence-corrected chi connectivity index (χ0v) is 18.8. The SMILES string of the molecule is COc1ccc(C(=O)Nc2cnc(C)c(N3C=C(c4cnn(C)c4C)NN3)c2)cc1C(F)(F)F. The van der Waals surface area contributed by atoms with Gasteiger partial charge in [0.2, 0.25) is 0 Å². The average molecular weight is 473 g/mol. The molecule has 0 atom stereocenters. The van der Waals surface area contributed by atoms with Gasteiger partial charge in [0.25, 0.3) is 5.91 Å². The van der Waals surface area contributed by atoms with Gasteiger partial charge in [0.1, 0.15) is 5.75 Å².